The van der Waals surface area contributed by atoms with Gasteiger partial charge in [0.05, 0.1) is 12.2 Å². The molecule has 3 heteroatoms. The number of Topliss-reactive ketones (excluding diaryl/α,β-unsaturated/α-hetero) is 1. The van der Waals surface area contributed by atoms with E-state index in [4.69, 9.17) is 0 Å². The van der Waals surface area contributed by atoms with Crippen molar-refractivity contribution in [1.82, 2.24) is 0 Å². The van der Waals surface area contributed by atoms with Gasteiger partial charge in [0.2, 0.25) is 0 Å². The fourth-order valence-corrected chi connectivity index (χ4v) is 6.55. The van der Waals surface area contributed by atoms with Crippen molar-refractivity contribution < 1.29 is 15.0 Å². The molecule has 2 N–H and O–H groups in total. The van der Waals surface area contributed by atoms with E-state index < -0.39 is 6.10 Å². The molecule has 3 fully saturated rings. The molecule has 7 atom stereocenters. The molecule has 3 nitrogen and oxygen atoms in total. The summed E-state index contributed by atoms with van der Waals surface area (Å²) in [7, 11) is 0. The average molecular weight is 304 g/mol. The second kappa shape index (κ2) is 4.67. The highest BCUT2D eigenvalue weighted by molar-refractivity contribution is 5.98. The minimum atomic E-state index is -0.439. The third-order valence-electron chi connectivity index (χ3n) is 7.66. The molecule has 0 aromatic heterocycles. The van der Waals surface area contributed by atoms with Crippen molar-refractivity contribution in [1.29, 1.82) is 0 Å². The standard InChI is InChI=1S/C19H28O3/c1-18-5-4-14-13(15(18)8-12(21)10-18)9-17(22)16-7-11(20)3-6-19(14,16)2/h7,11-15,20-21H,3-6,8-10H2,1-2H3/t11-,12+,13+,14-,15-,18+,19+/m0/s1. The Labute approximate surface area is 132 Å². The van der Waals surface area contributed by atoms with Crippen LogP contribution in [0.1, 0.15) is 58.8 Å². The molecule has 0 heterocycles. The summed E-state index contributed by atoms with van der Waals surface area (Å²) in [6, 6.07) is 0. The summed E-state index contributed by atoms with van der Waals surface area (Å²) in [4.78, 5) is 12.8. The van der Waals surface area contributed by atoms with Crippen molar-refractivity contribution in [3.05, 3.63) is 11.6 Å². The quantitative estimate of drug-likeness (QED) is 0.723. The van der Waals surface area contributed by atoms with E-state index in [1.54, 1.807) is 0 Å². The highest BCUT2D eigenvalue weighted by Gasteiger charge is 2.59. The van der Waals surface area contributed by atoms with Crippen LogP contribution in [0.3, 0.4) is 0 Å². The fraction of sp³-hybridized carbons (Fsp3) is 0.842. The van der Waals surface area contributed by atoms with Crippen LogP contribution in [0.25, 0.3) is 0 Å². The van der Waals surface area contributed by atoms with Crippen molar-refractivity contribution in [2.75, 3.05) is 0 Å². The number of ketones is 1. The predicted molar refractivity (Wildman–Crippen MR) is 84.1 cm³/mol. The van der Waals surface area contributed by atoms with E-state index in [-0.39, 0.29) is 22.7 Å². The molecular formula is C19H28O3. The Balaban J connectivity index is 1.73. The largest absolute Gasteiger partial charge is 0.393 e. The van der Waals surface area contributed by atoms with Crippen molar-refractivity contribution in [2.24, 2.45) is 28.6 Å². The smallest absolute Gasteiger partial charge is 0.159 e. The van der Waals surface area contributed by atoms with E-state index in [1.807, 2.05) is 6.08 Å². The van der Waals surface area contributed by atoms with Crippen LogP contribution in [0, 0.1) is 28.6 Å². The van der Waals surface area contributed by atoms with E-state index >= 15 is 0 Å². The molecule has 0 aromatic carbocycles. The number of aliphatic hydroxyl groups excluding tert-OH is 2. The molecule has 4 aliphatic rings. The molecule has 4 aliphatic carbocycles. The van der Waals surface area contributed by atoms with Crippen molar-refractivity contribution in [3.63, 3.8) is 0 Å². The SMILES string of the molecule is C[C@]12CC[C@H]3[C@@H](CC(=O)C4=C[C@@H](O)CC[C@@]43C)[C@@H]1C[C@@H](O)C2. The molecule has 22 heavy (non-hydrogen) atoms. The first-order valence-corrected chi connectivity index (χ1v) is 8.95. The van der Waals surface area contributed by atoms with Gasteiger partial charge in [0.25, 0.3) is 0 Å². The minimum absolute atomic E-state index is 0.0475. The Morgan fingerprint density at radius 2 is 1.91 bits per heavy atom. The second-order valence-corrected chi connectivity index (χ2v) is 8.89. The fourth-order valence-electron chi connectivity index (χ4n) is 6.55. The first-order valence-electron chi connectivity index (χ1n) is 8.95. The van der Waals surface area contributed by atoms with Crippen LogP contribution in [-0.4, -0.2) is 28.2 Å². The number of allylic oxidation sites excluding steroid dienone is 1. The van der Waals surface area contributed by atoms with E-state index in [9.17, 15) is 15.0 Å². The Morgan fingerprint density at radius 3 is 2.68 bits per heavy atom. The van der Waals surface area contributed by atoms with Crippen molar-refractivity contribution in [3.8, 4) is 0 Å². The topological polar surface area (TPSA) is 57.5 Å². The third-order valence-corrected chi connectivity index (χ3v) is 7.66. The number of hydrogen-bond acceptors (Lipinski definition) is 3. The van der Waals surface area contributed by atoms with Gasteiger partial charge in [-0.25, -0.2) is 0 Å². The maximum atomic E-state index is 12.8. The Kier molecular flexibility index (Phi) is 3.16. The first-order chi connectivity index (χ1) is 10.3. The Hall–Kier alpha value is -0.670. The Bertz CT molecular complexity index is 539. The van der Waals surface area contributed by atoms with Gasteiger partial charge in [-0.1, -0.05) is 13.8 Å². The summed E-state index contributed by atoms with van der Waals surface area (Å²) in [5.74, 6) is 1.73. The van der Waals surface area contributed by atoms with Gasteiger partial charge in [0, 0.05) is 6.42 Å². The molecule has 0 saturated heterocycles. The Morgan fingerprint density at radius 1 is 1.14 bits per heavy atom. The summed E-state index contributed by atoms with van der Waals surface area (Å²) in [5.41, 5.74) is 1.09. The molecule has 0 amide bonds. The summed E-state index contributed by atoms with van der Waals surface area (Å²) in [5, 5.41) is 20.1. The van der Waals surface area contributed by atoms with Crippen LogP contribution in [0.2, 0.25) is 0 Å². The predicted octanol–water partition coefficient (Wildman–Crippen LogP) is 2.85. The number of hydrogen-bond donors (Lipinski definition) is 2. The molecule has 0 aromatic rings. The molecule has 0 spiro atoms. The van der Waals surface area contributed by atoms with E-state index in [0.29, 0.717) is 24.2 Å². The van der Waals surface area contributed by atoms with Crippen LogP contribution >= 0.6 is 0 Å². The van der Waals surface area contributed by atoms with Crippen LogP contribution in [0.15, 0.2) is 11.6 Å². The summed E-state index contributed by atoms with van der Waals surface area (Å²) >= 11 is 0. The van der Waals surface area contributed by atoms with Gasteiger partial charge in [-0.05, 0) is 78.8 Å². The van der Waals surface area contributed by atoms with E-state index in [1.165, 1.54) is 12.8 Å². The van der Waals surface area contributed by atoms with Gasteiger partial charge in [-0.3, -0.25) is 4.79 Å². The van der Waals surface area contributed by atoms with Gasteiger partial charge in [0.1, 0.15) is 0 Å². The lowest BCUT2D eigenvalue weighted by Gasteiger charge is -2.56. The first kappa shape index (κ1) is 14.9. The van der Waals surface area contributed by atoms with Gasteiger partial charge in [-0.2, -0.15) is 0 Å². The van der Waals surface area contributed by atoms with Crippen molar-refractivity contribution in [2.45, 2.75) is 71.0 Å². The normalized spacial score (nSPS) is 54.3. The number of carbonyl (C=O) groups excluding carboxylic acids is 1. The van der Waals surface area contributed by atoms with Gasteiger partial charge < -0.3 is 10.2 Å². The van der Waals surface area contributed by atoms with Gasteiger partial charge in [0.15, 0.2) is 5.78 Å². The third kappa shape index (κ3) is 1.91. The highest BCUT2D eigenvalue weighted by atomic mass is 16.3. The monoisotopic (exact) mass is 304 g/mol. The number of rotatable bonds is 0. The van der Waals surface area contributed by atoms with Crippen LogP contribution in [-0.2, 0) is 4.79 Å². The molecular weight excluding hydrogens is 276 g/mol. The molecule has 3 saturated carbocycles. The maximum Gasteiger partial charge on any atom is 0.159 e. The molecule has 0 bridgehead atoms. The number of carbonyl (C=O) groups is 1. The summed E-state index contributed by atoms with van der Waals surface area (Å²) < 4.78 is 0. The average Bonchev–Trinajstić information content (AvgIpc) is 2.76. The zero-order chi connectivity index (χ0) is 15.7. The highest BCUT2D eigenvalue weighted by Crippen LogP contribution is 2.64. The lowest BCUT2D eigenvalue weighted by atomic mass is 9.47. The lowest BCUT2D eigenvalue weighted by Crippen LogP contribution is -2.52. The molecule has 0 radical (unpaired) electrons. The van der Waals surface area contributed by atoms with Gasteiger partial charge in [-0.15, -0.1) is 0 Å². The number of aliphatic hydroxyl groups is 2. The van der Waals surface area contributed by atoms with Crippen LogP contribution in [0.5, 0.6) is 0 Å². The summed E-state index contributed by atoms with van der Waals surface area (Å²) in [6.07, 6.45) is 7.70. The molecule has 4 rings (SSSR count). The molecule has 0 unspecified atom stereocenters. The molecule has 0 aliphatic heterocycles. The lowest BCUT2D eigenvalue weighted by molar-refractivity contribution is -0.128. The second-order valence-electron chi connectivity index (χ2n) is 8.89. The van der Waals surface area contributed by atoms with Crippen molar-refractivity contribution >= 4 is 5.78 Å². The molecule has 122 valence electrons. The number of fused-ring (bicyclic) bond motifs is 5. The van der Waals surface area contributed by atoms with Crippen LogP contribution < -0.4 is 0 Å². The minimum Gasteiger partial charge on any atom is -0.393 e. The van der Waals surface area contributed by atoms with Crippen LogP contribution in [0.4, 0.5) is 0 Å². The van der Waals surface area contributed by atoms with E-state index in [2.05, 4.69) is 13.8 Å². The maximum absolute atomic E-state index is 12.8. The summed E-state index contributed by atoms with van der Waals surface area (Å²) in [6.45, 7) is 4.58. The zero-order valence-electron chi connectivity index (χ0n) is 13.7. The van der Waals surface area contributed by atoms with Gasteiger partial charge >= 0.3 is 0 Å². The van der Waals surface area contributed by atoms with E-state index in [0.717, 1.165) is 31.3 Å². The zero-order valence-corrected chi connectivity index (χ0v) is 13.7.